The van der Waals surface area contributed by atoms with E-state index in [1.807, 2.05) is 13.8 Å². The molecular weight excluding hydrogens is 204 g/mol. The average molecular weight is 222 g/mol. The second-order valence-electron chi connectivity index (χ2n) is 3.71. The fraction of sp³-hybridized carbons (Fsp3) is 0.889. The summed E-state index contributed by atoms with van der Waals surface area (Å²) in [6, 6.07) is 0. The van der Waals surface area contributed by atoms with Crippen molar-refractivity contribution in [2.75, 3.05) is 18.6 Å². The Bertz CT molecular complexity index is 213. The molecule has 0 aromatic heterocycles. The molecule has 0 heterocycles. The first-order valence-electron chi connectivity index (χ1n) is 4.49. The molecule has 0 rings (SSSR count). The molecular formula is C9H18O4S. The Morgan fingerprint density at radius 3 is 2.43 bits per heavy atom. The molecule has 1 N–H and O–H groups in total. The summed E-state index contributed by atoms with van der Waals surface area (Å²) in [5.74, 6) is -0.173. The molecule has 0 amide bonds. The molecule has 0 aromatic rings. The van der Waals surface area contributed by atoms with Gasteiger partial charge in [0.1, 0.15) is 0 Å². The molecule has 0 bridgehead atoms. The number of hydrogen-bond donors (Lipinski definition) is 1. The first-order valence-corrected chi connectivity index (χ1v) is 5.98. The van der Waals surface area contributed by atoms with E-state index in [-0.39, 0.29) is 17.8 Å². The zero-order valence-electron chi connectivity index (χ0n) is 8.91. The third kappa shape index (κ3) is 7.03. The lowest BCUT2D eigenvalue weighted by Gasteiger charge is -2.22. The van der Waals surface area contributed by atoms with Gasteiger partial charge in [0.15, 0.2) is 0 Å². The van der Waals surface area contributed by atoms with Gasteiger partial charge in [0.2, 0.25) is 0 Å². The molecule has 14 heavy (non-hydrogen) atoms. The van der Waals surface area contributed by atoms with Gasteiger partial charge >= 0.3 is 5.97 Å². The Morgan fingerprint density at radius 1 is 1.43 bits per heavy atom. The Balaban J connectivity index is 3.69. The molecule has 0 spiro atoms. The lowest BCUT2D eigenvalue weighted by Crippen LogP contribution is -2.25. The second-order valence-corrected chi connectivity index (χ2v) is 5.40. The minimum atomic E-state index is -1.05. The van der Waals surface area contributed by atoms with Gasteiger partial charge in [0.25, 0.3) is 0 Å². The van der Waals surface area contributed by atoms with Crippen LogP contribution in [0.2, 0.25) is 0 Å². The summed E-state index contributed by atoms with van der Waals surface area (Å²) in [5, 5.41) is 8.38. The molecule has 0 aliphatic carbocycles. The number of ether oxygens (including phenoxy) is 1. The highest BCUT2D eigenvalue weighted by Crippen LogP contribution is 2.13. The fourth-order valence-corrected chi connectivity index (χ4v) is 2.09. The van der Waals surface area contributed by atoms with Gasteiger partial charge in [0, 0.05) is 29.4 Å². The average Bonchev–Trinajstić information content (AvgIpc) is 2.11. The zero-order valence-corrected chi connectivity index (χ0v) is 9.73. The maximum atomic E-state index is 11.3. The third-order valence-electron chi connectivity index (χ3n) is 2.03. The first-order chi connectivity index (χ1) is 6.37. The maximum absolute atomic E-state index is 11.3. The lowest BCUT2D eigenvalue weighted by molar-refractivity contribution is -0.136. The Morgan fingerprint density at radius 2 is 2.00 bits per heavy atom. The summed E-state index contributed by atoms with van der Waals surface area (Å²) in [5.41, 5.74) is -0.279. The summed E-state index contributed by atoms with van der Waals surface area (Å²) in [6.07, 6.45) is 0.649. The molecule has 0 aliphatic rings. The van der Waals surface area contributed by atoms with Crippen molar-refractivity contribution >= 4 is 16.8 Å². The topological polar surface area (TPSA) is 63.6 Å². The normalized spacial score (nSPS) is 13.9. The molecule has 84 valence electrons. The SMILES string of the molecule is COC(C)(C)CCS(=O)CCC(=O)O. The van der Waals surface area contributed by atoms with Gasteiger partial charge < -0.3 is 9.84 Å². The van der Waals surface area contributed by atoms with E-state index in [0.717, 1.165) is 0 Å². The monoisotopic (exact) mass is 222 g/mol. The number of aliphatic carboxylic acids is 1. The van der Waals surface area contributed by atoms with E-state index in [1.165, 1.54) is 0 Å². The molecule has 0 aliphatic heterocycles. The number of carboxylic acids is 1. The van der Waals surface area contributed by atoms with E-state index >= 15 is 0 Å². The van der Waals surface area contributed by atoms with Crippen molar-refractivity contribution in [3.8, 4) is 0 Å². The van der Waals surface area contributed by atoms with Crippen LogP contribution >= 0.6 is 0 Å². The van der Waals surface area contributed by atoms with Crippen molar-refractivity contribution in [3.05, 3.63) is 0 Å². The van der Waals surface area contributed by atoms with E-state index in [1.54, 1.807) is 7.11 Å². The lowest BCUT2D eigenvalue weighted by atomic mass is 10.1. The van der Waals surface area contributed by atoms with E-state index in [4.69, 9.17) is 9.84 Å². The van der Waals surface area contributed by atoms with E-state index in [2.05, 4.69) is 0 Å². The quantitative estimate of drug-likeness (QED) is 0.698. The molecule has 1 atom stereocenters. The Hall–Kier alpha value is -0.420. The molecule has 0 radical (unpaired) electrons. The fourth-order valence-electron chi connectivity index (χ4n) is 0.765. The van der Waals surface area contributed by atoms with E-state index < -0.39 is 16.8 Å². The molecule has 0 saturated heterocycles. The van der Waals surface area contributed by atoms with Crippen molar-refractivity contribution in [3.63, 3.8) is 0 Å². The van der Waals surface area contributed by atoms with Gasteiger partial charge in [-0.1, -0.05) is 0 Å². The smallest absolute Gasteiger partial charge is 0.304 e. The van der Waals surface area contributed by atoms with Gasteiger partial charge in [-0.15, -0.1) is 0 Å². The molecule has 1 unspecified atom stereocenters. The number of carbonyl (C=O) groups is 1. The summed E-state index contributed by atoms with van der Waals surface area (Å²) in [4.78, 5) is 10.2. The van der Waals surface area contributed by atoms with Crippen molar-refractivity contribution in [2.45, 2.75) is 32.3 Å². The van der Waals surface area contributed by atoms with Gasteiger partial charge in [-0.3, -0.25) is 9.00 Å². The third-order valence-corrected chi connectivity index (χ3v) is 3.35. The van der Waals surface area contributed by atoms with Crippen LogP contribution in [0.1, 0.15) is 26.7 Å². The molecule has 5 heteroatoms. The summed E-state index contributed by atoms with van der Waals surface area (Å²) < 4.78 is 16.5. The van der Waals surface area contributed by atoms with Crippen molar-refractivity contribution in [1.82, 2.24) is 0 Å². The van der Waals surface area contributed by atoms with Crippen LogP contribution in [0.25, 0.3) is 0 Å². The predicted molar refractivity (Wildman–Crippen MR) is 55.8 cm³/mol. The van der Waals surface area contributed by atoms with E-state index in [0.29, 0.717) is 12.2 Å². The molecule has 0 saturated carbocycles. The molecule has 0 fully saturated rings. The van der Waals surface area contributed by atoms with Crippen LogP contribution in [-0.4, -0.2) is 39.5 Å². The van der Waals surface area contributed by atoms with E-state index in [9.17, 15) is 9.00 Å². The van der Waals surface area contributed by atoms with Crippen LogP contribution in [0.3, 0.4) is 0 Å². The van der Waals surface area contributed by atoms with Crippen LogP contribution in [0.4, 0.5) is 0 Å². The van der Waals surface area contributed by atoms with Gasteiger partial charge in [0.05, 0.1) is 12.0 Å². The molecule has 4 nitrogen and oxygen atoms in total. The zero-order chi connectivity index (χ0) is 11.2. The van der Waals surface area contributed by atoms with Gasteiger partial charge in [-0.2, -0.15) is 0 Å². The van der Waals surface area contributed by atoms with Crippen molar-refractivity contribution < 1.29 is 18.8 Å². The minimum absolute atomic E-state index is 0.0278. The standard InChI is InChI=1S/C9H18O4S/c1-9(2,13-3)5-7-14(12)6-4-8(10)11/h4-7H2,1-3H3,(H,10,11). The summed E-state index contributed by atoms with van der Waals surface area (Å²) in [7, 11) is 0.562. The number of methoxy groups -OCH3 is 1. The molecule has 0 aromatic carbocycles. The Labute approximate surface area is 87.1 Å². The number of rotatable bonds is 7. The summed E-state index contributed by atoms with van der Waals surface area (Å²) >= 11 is 0. The van der Waals surface area contributed by atoms with Crippen molar-refractivity contribution in [1.29, 1.82) is 0 Å². The maximum Gasteiger partial charge on any atom is 0.304 e. The van der Waals surface area contributed by atoms with Crippen molar-refractivity contribution in [2.24, 2.45) is 0 Å². The number of carboxylic acid groups (broad SMARTS) is 1. The second kappa shape index (κ2) is 6.14. The van der Waals surface area contributed by atoms with Crippen LogP contribution in [-0.2, 0) is 20.3 Å². The Kier molecular flexibility index (Phi) is 5.95. The van der Waals surface area contributed by atoms with Crippen LogP contribution in [0.5, 0.6) is 0 Å². The number of hydrogen-bond acceptors (Lipinski definition) is 3. The minimum Gasteiger partial charge on any atom is -0.481 e. The van der Waals surface area contributed by atoms with Crippen LogP contribution in [0.15, 0.2) is 0 Å². The first kappa shape index (κ1) is 13.6. The highest BCUT2D eigenvalue weighted by molar-refractivity contribution is 7.84. The predicted octanol–water partition coefficient (Wildman–Crippen LogP) is 1.02. The highest BCUT2D eigenvalue weighted by Gasteiger charge is 2.17. The van der Waals surface area contributed by atoms with Gasteiger partial charge in [-0.05, 0) is 20.3 Å². The highest BCUT2D eigenvalue weighted by atomic mass is 32.2. The van der Waals surface area contributed by atoms with Gasteiger partial charge in [-0.25, -0.2) is 0 Å². The largest absolute Gasteiger partial charge is 0.481 e. The van der Waals surface area contributed by atoms with Crippen LogP contribution in [0, 0.1) is 0 Å². The summed E-state index contributed by atoms with van der Waals surface area (Å²) in [6.45, 7) is 3.84. The van der Waals surface area contributed by atoms with Crippen LogP contribution < -0.4 is 0 Å².